The minimum absolute atomic E-state index is 0.0870. The summed E-state index contributed by atoms with van der Waals surface area (Å²) in [5.41, 5.74) is 0.512. The zero-order valence-corrected chi connectivity index (χ0v) is 15.7. The third-order valence-electron chi connectivity index (χ3n) is 4.92. The lowest BCUT2D eigenvalue weighted by Crippen LogP contribution is -2.41. The smallest absolute Gasteiger partial charge is 0.466 e. The predicted octanol–water partition coefficient (Wildman–Crippen LogP) is 3.52. The number of H-pyrrole nitrogens is 1. The lowest BCUT2D eigenvalue weighted by Gasteiger charge is -2.32. The number of hydrogen-bond donors (Lipinski definition) is 2. The molecule has 0 amide bonds. The maximum Gasteiger partial charge on any atom is 0.466 e. The number of carboxylic acid groups (broad SMARTS) is 1. The van der Waals surface area contributed by atoms with E-state index in [1.807, 2.05) is 33.8 Å². The van der Waals surface area contributed by atoms with Gasteiger partial charge in [-0.25, -0.2) is 4.98 Å². The second-order valence-electron chi connectivity index (χ2n) is 7.12. The number of aromatic amines is 1. The summed E-state index contributed by atoms with van der Waals surface area (Å²) in [7, 11) is -0.635. The Labute approximate surface area is 149 Å². The molecular formula is C16H20BBrN2O4. The van der Waals surface area contributed by atoms with Gasteiger partial charge in [0.25, 0.3) is 0 Å². The van der Waals surface area contributed by atoms with Crippen LogP contribution in [-0.2, 0) is 14.1 Å². The van der Waals surface area contributed by atoms with Gasteiger partial charge in [-0.05, 0) is 55.3 Å². The predicted molar refractivity (Wildman–Crippen MR) is 94.9 cm³/mol. The summed E-state index contributed by atoms with van der Waals surface area (Å²) in [6.07, 6.45) is 3.41. The average Bonchev–Trinajstić information content (AvgIpc) is 2.94. The Balaban J connectivity index is 2.04. The van der Waals surface area contributed by atoms with Crippen molar-refractivity contribution in [3.05, 3.63) is 28.5 Å². The lowest BCUT2D eigenvalue weighted by molar-refractivity contribution is -0.137. The highest BCUT2D eigenvalue weighted by Gasteiger charge is 2.54. The molecule has 2 aromatic rings. The van der Waals surface area contributed by atoms with E-state index in [4.69, 9.17) is 9.31 Å². The van der Waals surface area contributed by atoms with E-state index < -0.39 is 30.1 Å². The van der Waals surface area contributed by atoms with Gasteiger partial charge < -0.3 is 19.4 Å². The van der Waals surface area contributed by atoms with Crippen molar-refractivity contribution in [2.45, 2.75) is 51.1 Å². The van der Waals surface area contributed by atoms with Crippen molar-refractivity contribution in [1.29, 1.82) is 0 Å². The van der Waals surface area contributed by atoms with Crippen LogP contribution in [0, 0.1) is 0 Å². The van der Waals surface area contributed by atoms with Gasteiger partial charge in [-0.15, -0.1) is 0 Å². The van der Waals surface area contributed by atoms with E-state index in [1.54, 1.807) is 12.4 Å². The Kier molecular flexibility index (Phi) is 4.26. The maximum absolute atomic E-state index is 11.4. The number of nitrogens with one attached hydrogen (secondary N) is 1. The molecule has 3 rings (SSSR count). The lowest BCUT2D eigenvalue weighted by atomic mass is 9.66. The van der Waals surface area contributed by atoms with E-state index in [0.717, 1.165) is 15.4 Å². The highest BCUT2D eigenvalue weighted by atomic mass is 79.9. The van der Waals surface area contributed by atoms with Crippen LogP contribution in [0.4, 0.5) is 0 Å². The summed E-state index contributed by atoms with van der Waals surface area (Å²) >= 11 is 3.42. The van der Waals surface area contributed by atoms with Crippen molar-refractivity contribution in [1.82, 2.24) is 9.97 Å². The summed E-state index contributed by atoms with van der Waals surface area (Å²) in [5, 5.41) is 10.2. The second kappa shape index (κ2) is 5.86. The summed E-state index contributed by atoms with van der Waals surface area (Å²) < 4.78 is 13.0. The van der Waals surface area contributed by atoms with Crippen LogP contribution in [0.3, 0.4) is 0 Å². The Morgan fingerprint density at radius 2 is 2.00 bits per heavy atom. The molecule has 2 N–H and O–H groups in total. The first-order valence-electron chi connectivity index (χ1n) is 7.81. The van der Waals surface area contributed by atoms with Crippen molar-refractivity contribution in [2.75, 3.05) is 0 Å². The number of rotatable bonds is 4. The molecule has 1 saturated heterocycles. The van der Waals surface area contributed by atoms with Crippen LogP contribution >= 0.6 is 15.9 Å². The van der Waals surface area contributed by atoms with E-state index in [9.17, 15) is 9.90 Å². The van der Waals surface area contributed by atoms with Gasteiger partial charge in [0.1, 0.15) is 5.65 Å². The zero-order valence-electron chi connectivity index (χ0n) is 14.1. The molecule has 0 saturated carbocycles. The molecule has 0 radical (unpaired) electrons. The SMILES string of the molecule is CC1(C)OB(C(CC(=O)O)c2c[nH]c3ncc(Br)cc23)OC1(C)C. The number of hydrogen-bond acceptors (Lipinski definition) is 4. The van der Waals surface area contributed by atoms with E-state index >= 15 is 0 Å². The normalized spacial score (nSPS) is 20.5. The van der Waals surface area contributed by atoms with E-state index in [2.05, 4.69) is 25.9 Å². The van der Waals surface area contributed by atoms with Gasteiger partial charge in [-0.3, -0.25) is 4.79 Å². The zero-order chi connectivity index (χ0) is 17.7. The van der Waals surface area contributed by atoms with Gasteiger partial charge in [0, 0.05) is 28.1 Å². The quantitative estimate of drug-likeness (QED) is 0.775. The molecule has 0 aliphatic carbocycles. The van der Waals surface area contributed by atoms with Gasteiger partial charge >= 0.3 is 13.1 Å². The van der Waals surface area contributed by atoms with E-state index in [1.165, 1.54) is 0 Å². The molecule has 1 aliphatic heterocycles. The van der Waals surface area contributed by atoms with Crippen LogP contribution in [-0.4, -0.2) is 39.4 Å². The van der Waals surface area contributed by atoms with Crippen molar-refractivity contribution in [3.8, 4) is 0 Å². The molecule has 128 valence electrons. The van der Waals surface area contributed by atoms with Crippen LogP contribution in [0.15, 0.2) is 22.9 Å². The molecule has 8 heteroatoms. The van der Waals surface area contributed by atoms with E-state index in [-0.39, 0.29) is 6.42 Å². The number of nitrogens with zero attached hydrogens (tertiary/aromatic N) is 1. The first-order chi connectivity index (χ1) is 11.1. The number of pyridine rings is 1. The number of aromatic nitrogens is 2. The third kappa shape index (κ3) is 2.98. The molecule has 6 nitrogen and oxygen atoms in total. The topological polar surface area (TPSA) is 84.4 Å². The van der Waals surface area contributed by atoms with Crippen LogP contribution in [0.25, 0.3) is 11.0 Å². The summed E-state index contributed by atoms with van der Waals surface area (Å²) in [5.74, 6) is -1.33. The van der Waals surface area contributed by atoms with E-state index in [0.29, 0.717) is 5.65 Å². The van der Waals surface area contributed by atoms with Crippen LogP contribution in [0.5, 0.6) is 0 Å². The van der Waals surface area contributed by atoms with Crippen molar-refractivity contribution < 1.29 is 19.2 Å². The Morgan fingerprint density at radius 1 is 1.38 bits per heavy atom. The number of aliphatic carboxylic acids is 1. The Morgan fingerprint density at radius 3 is 2.58 bits per heavy atom. The van der Waals surface area contributed by atoms with Crippen molar-refractivity contribution in [2.24, 2.45) is 0 Å². The van der Waals surface area contributed by atoms with Gasteiger partial charge in [-0.1, -0.05) is 0 Å². The van der Waals surface area contributed by atoms with Crippen LogP contribution < -0.4 is 0 Å². The highest BCUT2D eigenvalue weighted by Crippen LogP contribution is 2.43. The first kappa shape index (κ1) is 17.4. The summed E-state index contributed by atoms with van der Waals surface area (Å²) in [4.78, 5) is 18.9. The summed E-state index contributed by atoms with van der Waals surface area (Å²) in [6.45, 7) is 7.83. The molecular weight excluding hydrogens is 375 g/mol. The number of fused-ring (bicyclic) bond motifs is 1. The Bertz CT molecular complexity index is 773. The third-order valence-corrected chi connectivity index (χ3v) is 5.36. The fourth-order valence-corrected chi connectivity index (χ4v) is 3.23. The fourth-order valence-electron chi connectivity index (χ4n) is 2.90. The molecule has 2 aromatic heterocycles. The molecule has 1 unspecified atom stereocenters. The molecule has 24 heavy (non-hydrogen) atoms. The second-order valence-corrected chi connectivity index (χ2v) is 8.04. The van der Waals surface area contributed by atoms with Gasteiger partial charge in [0.2, 0.25) is 0 Å². The molecule has 0 bridgehead atoms. The fraction of sp³-hybridized carbons (Fsp3) is 0.500. The number of carboxylic acids is 1. The van der Waals surface area contributed by atoms with Crippen LogP contribution in [0.2, 0.25) is 0 Å². The van der Waals surface area contributed by atoms with Crippen molar-refractivity contribution >= 4 is 40.1 Å². The molecule has 1 fully saturated rings. The average molecular weight is 395 g/mol. The largest absolute Gasteiger partial charge is 0.481 e. The molecule has 0 aromatic carbocycles. The Hall–Kier alpha value is -1.38. The molecule has 1 aliphatic rings. The molecule has 3 heterocycles. The van der Waals surface area contributed by atoms with Gasteiger partial charge in [0.15, 0.2) is 0 Å². The monoisotopic (exact) mass is 394 g/mol. The number of halogens is 1. The van der Waals surface area contributed by atoms with Gasteiger partial charge in [-0.2, -0.15) is 0 Å². The van der Waals surface area contributed by atoms with Gasteiger partial charge in [0.05, 0.1) is 17.6 Å². The minimum atomic E-state index is -0.896. The molecule has 0 spiro atoms. The first-order valence-corrected chi connectivity index (χ1v) is 8.60. The minimum Gasteiger partial charge on any atom is -0.481 e. The van der Waals surface area contributed by atoms with Crippen LogP contribution in [0.1, 0.15) is 45.5 Å². The molecule has 1 atom stereocenters. The highest BCUT2D eigenvalue weighted by molar-refractivity contribution is 9.10. The van der Waals surface area contributed by atoms with Crippen molar-refractivity contribution in [3.63, 3.8) is 0 Å². The number of carbonyl (C=O) groups is 1. The standard InChI is InChI=1S/C16H20BBrN2O4/c1-15(2)16(3,4)24-17(23-15)12(6-13(21)22)11-8-20-14-10(11)5-9(18)7-19-14/h5,7-8,12H,6H2,1-4H3,(H,19,20)(H,21,22). The maximum atomic E-state index is 11.4. The summed E-state index contributed by atoms with van der Waals surface area (Å²) in [6, 6.07) is 1.92.